The summed E-state index contributed by atoms with van der Waals surface area (Å²) >= 11 is 0. The Kier molecular flexibility index (Phi) is 12.4. The fourth-order valence-corrected chi connectivity index (χ4v) is 12.0. The zero-order valence-electron chi connectivity index (χ0n) is 38.7. The average molecular weight is 809 g/mol. The number of ketones is 1. The number of nitrogens with one attached hydrogen (secondary N) is 4. The molecule has 4 N–H and O–H groups in total. The Bertz CT molecular complexity index is 1460. The maximum absolute atomic E-state index is 14.7. The molecule has 4 heterocycles. The van der Waals surface area contributed by atoms with Crippen molar-refractivity contribution in [2.45, 2.75) is 231 Å². The SMILES string of the molecule is CC1(C)CC(CC(=O)c2cc(C(=O)OC3CC(C)(C)NC(C)(C)C3)c(C(=O)OC3CC(C)(C)NC(C)(C)C3)cc2C(=O)OC2CC(C)(C)NC(C)(C)C2)CC(C)(C)N1. The Balaban J connectivity index is 1.60. The molecular formula is C47H76N4O7. The van der Waals surface area contributed by atoms with Crippen LogP contribution in [0.25, 0.3) is 0 Å². The van der Waals surface area contributed by atoms with Crippen molar-refractivity contribution < 1.29 is 33.4 Å². The number of carbonyl (C=O) groups is 4. The van der Waals surface area contributed by atoms with Crippen LogP contribution in [0.4, 0.5) is 0 Å². The number of piperidine rings is 4. The molecule has 0 radical (unpaired) electrons. The molecule has 0 spiro atoms. The van der Waals surface area contributed by atoms with Gasteiger partial charge in [0.1, 0.15) is 18.3 Å². The Morgan fingerprint density at radius 2 is 0.638 bits per heavy atom. The molecule has 0 unspecified atom stereocenters. The summed E-state index contributed by atoms with van der Waals surface area (Å²) in [6.07, 6.45) is 3.66. The first-order chi connectivity index (χ1) is 26.1. The summed E-state index contributed by atoms with van der Waals surface area (Å²) in [5, 5.41) is 14.6. The fraction of sp³-hybridized carbons (Fsp3) is 0.787. The van der Waals surface area contributed by atoms with Gasteiger partial charge in [-0.25, -0.2) is 14.4 Å². The number of hydrogen-bond donors (Lipinski definition) is 4. The number of carbonyl (C=O) groups excluding carboxylic acids is 4. The normalized spacial score (nSPS) is 26.3. The highest BCUT2D eigenvalue weighted by Gasteiger charge is 2.44. The molecule has 4 aliphatic heterocycles. The van der Waals surface area contributed by atoms with Gasteiger partial charge in [0, 0.05) is 94.8 Å². The predicted molar refractivity (Wildman–Crippen MR) is 229 cm³/mol. The first kappa shape index (κ1) is 46.2. The number of benzene rings is 1. The minimum atomic E-state index is -0.740. The van der Waals surface area contributed by atoms with E-state index in [0.717, 1.165) is 12.8 Å². The molecule has 4 aliphatic rings. The minimum Gasteiger partial charge on any atom is -0.459 e. The molecule has 0 atom stereocenters. The topological polar surface area (TPSA) is 144 Å². The van der Waals surface area contributed by atoms with Gasteiger partial charge in [-0.1, -0.05) is 0 Å². The summed E-state index contributed by atoms with van der Waals surface area (Å²) in [4.78, 5) is 58.3. The second kappa shape index (κ2) is 15.6. The van der Waals surface area contributed by atoms with Crippen LogP contribution in [0.1, 0.15) is 210 Å². The van der Waals surface area contributed by atoms with E-state index < -0.39 is 36.2 Å². The molecule has 0 saturated carbocycles. The van der Waals surface area contributed by atoms with E-state index in [2.05, 4.69) is 132 Å². The molecule has 0 aromatic heterocycles. The lowest BCUT2D eigenvalue weighted by atomic mass is 9.73. The molecule has 4 fully saturated rings. The van der Waals surface area contributed by atoms with E-state index in [1.165, 1.54) is 12.1 Å². The molecule has 326 valence electrons. The van der Waals surface area contributed by atoms with Gasteiger partial charge in [0.15, 0.2) is 5.78 Å². The molecule has 1 aromatic rings. The maximum Gasteiger partial charge on any atom is 0.339 e. The summed E-state index contributed by atoms with van der Waals surface area (Å²) in [5.41, 5.74) is -2.46. The summed E-state index contributed by atoms with van der Waals surface area (Å²) in [6, 6.07) is 2.79. The Morgan fingerprint density at radius 1 is 0.414 bits per heavy atom. The Labute approximate surface area is 349 Å². The molecule has 0 aliphatic carbocycles. The molecule has 5 rings (SSSR count). The Morgan fingerprint density at radius 3 is 0.914 bits per heavy atom. The van der Waals surface area contributed by atoms with Crippen LogP contribution in [0.15, 0.2) is 12.1 Å². The first-order valence-electron chi connectivity index (χ1n) is 21.6. The average Bonchev–Trinajstić information content (AvgIpc) is 2.93. The third kappa shape index (κ3) is 12.1. The third-order valence-corrected chi connectivity index (χ3v) is 12.1. The highest BCUT2D eigenvalue weighted by atomic mass is 16.6. The zero-order chi connectivity index (χ0) is 43.7. The molecule has 1 aromatic carbocycles. The van der Waals surface area contributed by atoms with E-state index in [1.54, 1.807) is 0 Å². The standard InChI is InChI=1S/C47H76N4O7/c1-40(2)20-28(21-41(3,4)48-40)17-36(52)32-18-34(38(54)57-30-24-44(9,10)50-45(11,12)25-30)35(39(55)58-31-26-46(13,14)51-47(15,16)27-31)19-33(32)37(53)56-29-22-42(5,6)49-43(7,8)23-29/h18-19,28-31,48-51H,17,20-27H2,1-16H3. The lowest BCUT2D eigenvalue weighted by Gasteiger charge is -2.46. The van der Waals surface area contributed by atoms with E-state index in [1.807, 2.05) is 0 Å². The maximum atomic E-state index is 14.7. The van der Waals surface area contributed by atoms with Gasteiger partial charge in [0.2, 0.25) is 0 Å². The van der Waals surface area contributed by atoms with Gasteiger partial charge in [0.25, 0.3) is 0 Å². The van der Waals surface area contributed by atoms with Gasteiger partial charge >= 0.3 is 17.9 Å². The zero-order valence-corrected chi connectivity index (χ0v) is 38.7. The quantitative estimate of drug-likeness (QED) is 0.109. The van der Waals surface area contributed by atoms with Crippen molar-refractivity contribution in [3.63, 3.8) is 0 Å². The first-order valence-corrected chi connectivity index (χ1v) is 21.6. The van der Waals surface area contributed by atoms with Crippen LogP contribution in [-0.4, -0.2) is 86.3 Å². The highest BCUT2D eigenvalue weighted by molar-refractivity contribution is 6.12. The minimum absolute atomic E-state index is 0.0134. The van der Waals surface area contributed by atoms with Crippen LogP contribution in [0, 0.1) is 5.92 Å². The molecule has 0 amide bonds. The van der Waals surface area contributed by atoms with Crippen LogP contribution in [0.2, 0.25) is 0 Å². The lowest BCUT2D eigenvalue weighted by Crippen LogP contribution is -2.60. The van der Waals surface area contributed by atoms with Crippen LogP contribution >= 0.6 is 0 Å². The van der Waals surface area contributed by atoms with Crippen LogP contribution in [0.3, 0.4) is 0 Å². The van der Waals surface area contributed by atoms with Crippen molar-refractivity contribution in [2.24, 2.45) is 5.92 Å². The van der Waals surface area contributed by atoms with E-state index in [-0.39, 0.29) is 84.7 Å². The molecular weight excluding hydrogens is 733 g/mol. The molecule has 0 bridgehead atoms. The predicted octanol–water partition coefficient (Wildman–Crippen LogP) is 8.21. The van der Waals surface area contributed by atoms with Crippen LogP contribution in [-0.2, 0) is 14.2 Å². The van der Waals surface area contributed by atoms with Crippen molar-refractivity contribution in [2.75, 3.05) is 0 Å². The Hall–Kier alpha value is -2.86. The van der Waals surface area contributed by atoms with E-state index in [9.17, 15) is 19.2 Å². The van der Waals surface area contributed by atoms with Crippen LogP contribution in [0.5, 0.6) is 0 Å². The third-order valence-electron chi connectivity index (χ3n) is 12.1. The van der Waals surface area contributed by atoms with Crippen molar-refractivity contribution in [3.05, 3.63) is 34.4 Å². The second-order valence-electron chi connectivity index (χ2n) is 23.7. The van der Waals surface area contributed by atoms with Crippen LogP contribution < -0.4 is 21.3 Å². The summed E-state index contributed by atoms with van der Waals surface area (Å²) in [6.45, 7) is 33.4. The number of hydrogen-bond acceptors (Lipinski definition) is 11. The monoisotopic (exact) mass is 809 g/mol. The fourth-order valence-electron chi connectivity index (χ4n) is 12.0. The van der Waals surface area contributed by atoms with Crippen molar-refractivity contribution >= 4 is 23.7 Å². The lowest BCUT2D eigenvalue weighted by molar-refractivity contribution is -0.0109. The van der Waals surface area contributed by atoms with Crippen molar-refractivity contribution in [3.8, 4) is 0 Å². The van der Waals surface area contributed by atoms with Crippen molar-refractivity contribution in [1.29, 1.82) is 0 Å². The van der Waals surface area contributed by atoms with Gasteiger partial charge in [-0.2, -0.15) is 0 Å². The number of esters is 3. The molecule has 58 heavy (non-hydrogen) atoms. The molecule has 11 heteroatoms. The van der Waals surface area contributed by atoms with Gasteiger partial charge < -0.3 is 35.5 Å². The van der Waals surface area contributed by atoms with E-state index >= 15 is 0 Å². The number of ether oxygens (including phenoxy) is 3. The van der Waals surface area contributed by atoms with Gasteiger partial charge in [-0.15, -0.1) is 0 Å². The highest BCUT2D eigenvalue weighted by Crippen LogP contribution is 2.38. The van der Waals surface area contributed by atoms with Gasteiger partial charge in [-0.05, 0) is 142 Å². The van der Waals surface area contributed by atoms with E-state index in [4.69, 9.17) is 14.2 Å². The molecule has 11 nitrogen and oxygen atoms in total. The summed E-state index contributed by atoms with van der Waals surface area (Å²) in [7, 11) is 0. The van der Waals surface area contributed by atoms with Crippen molar-refractivity contribution in [1.82, 2.24) is 21.3 Å². The smallest absolute Gasteiger partial charge is 0.339 e. The van der Waals surface area contributed by atoms with Gasteiger partial charge in [0.05, 0.1) is 16.7 Å². The summed E-state index contributed by atoms with van der Waals surface area (Å²) < 4.78 is 18.8. The summed E-state index contributed by atoms with van der Waals surface area (Å²) in [5.74, 6) is -2.43. The van der Waals surface area contributed by atoms with E-state index in [0.29, 0.717) is 38.5 Å². The molecule has 4 saturated heterocycles. The number of Topliss-reactive ketones (excluding diaryl/α,β-unsaturated/α-hetero) is 1. The van der Waals surface area contributed by atoms with Gasteiger partial charge in [-0.3, -0.25) is 4.79 Å². The number of rotatable bonds is 9. The second-order valence-corrected chi connectivity index (χ2v) is 23.7. The largest absolute Gasteiger partial charge is 0.459 e.